The summed E-state index contributed by atoms with van der Waals surface area (Å²) < 4.78 is 5.23. The molecule has 1 amide bonds. The van der Waals surface area contributed by atoms with Crippen molar-refractivity contribution in [3.05, 3.63) is 95.6 Å². The monoisotopic (exact) mass is 497 g/mol. The average Bonchev–Trinajstić information content (AvgIpc) is 2.88. The van der Waals surface area contributed by atoms with Crippen molar-refractivity contribution >= 4 is 41.0 Å². The third-order valence-corrected chi connectivity index (χ3v) is 5.81. The van der Waals surface area contributed by atoms with Crippen molar-refractivity contribution in [2.45, 2.75) is 12.3 Å². The van der Waals surface area contributed by atoms with Crippen molar-refractivity contribution in [2.75, 3.05) is 36.9 Å². The quantitative estimate of drug-likeness (QED) is 0.205. The number of rotatable bonds is 12. The lowest BCUT2D eigenvalue weighted by atomic mass is 9.91. The maximum Gasteiger partial charge on any atom is 0.247 e. The van der Waals surface area contributed by atoms with Crippen LogP contribution in [0.25, 0.3) is 0 Å². The van der Waals surface area contributed by atoms with Gasteiger partial charge < -0.3 is 9.64 Å². The first-order chi connectivity index (χ1) is 16.6. The van der Waals surface area contributed by atoms with Crippen LogP contribution in [0.4, 0.5) is 5.69 Å². The van der Waals surface area contributed by atoms with E-state index in [0.29, 0.717) is 18.2 Å². The Morgan fingerprint density at radius 3 is 2.21 bits per heavy atom. The van der Waals surface area contributed by atoms with E-state index in [9.17, 15) is 4.79 Å². The first-order valence-corrected chi connectivity index (χ1v) is 12.2. The van der Waals surface area contributed by atoms with Crippen molar-refractivity contribution in [1.82, 2.24) is 5.43 Å². The Morgan fingerprint density at radius 2 is 1.62 bits per heavy atom. The molecule has 0 radical (unpaired) electrons. The van der Waals surface area contributed by atoms with Gasteiger partial charge in [-0.1, -0.05) is 54.6 Å². The largest absolute Gasteiger partial charge is 0.497 e. The number of methoxy groups -OCH3 is 1. The van der Waals surface area contributed by atoms with E-state index in [2.05, 4.69) is 15.4 Å². The third-order valence-electron chi connectivity index (χ3n) is 5.47. The maximum atomic E-state index is 13.1. The van der Waals surface area contributed by atoms with Crippen molar-refractivity contribution in [1.29, 1.82) is 0 Å². The molecule has 5 nitrogen and oxygen atoms in total. The minimum absolute atomic E-state index is 0.162. The minimum atomic E-state index is -0.367. The molecule has 0 aromatic heterocycles. The highest BCUT2D eigenvalue weighted by molar-refractivity contribution is 6.18. The number of halogens is 2. The molecule has 7 heteroatoms. The smallest absolute Gasteiger partial charge is 0.247 e. The van der Waals surface area contributed by atoms with Gasteiger partial charge in [-0.05, 0) is 47.4 Å². The average molecular weight is 498 g/mol. The molecule has 0 fully saturated rings. The van der Waals surface area contributed by atoms with Crippen LogP contribution in [0.2, 0.25) is 0 Å². The second-order valence-electron chi connectivity index (χ2n) is 7.71. The van der Waals surface area contributed by atoms with E-state index in [4.69, 9.17) is 27.9 Å². The molecule has 3 rings (SSSR count). The highest BCUT2D eigenvalue weighted by Gasteiger charge is 2.21. The fraction of sp³-hybridized carbons (Fsp3) is 0.259. The van der Waals surface area contributed by atoms with Crippen LogP contribution in [0.15, 0.2) is 84.0 Å². The van der Waals surface area contributed by atoms with Crippen molar-refractivity contribution < 1.29 is 9.53 Å². The number of nitrogens with zero attached hydrogens (tertiary/aromatic N) is 2. The number of carbonyl (C=O) groups is 1. The van der Waals surface area contributed by atoms with Crippen LogP contribution in [0.5, 0.6) is 5.75 Å². The van der Waals surface area contributed by atoms with Gasteiger partial charge in [0.2, 0.25) is 5.91 Å². The predicted octanol–water partition coefficient (Wildman–Crippen LogP) is 5.46. The number of hydrazone groups is 1. The lowest BCUT2D eigenvalue weighted by Gasteiger charge is -2.22. The molecule has 0 saturated carbocycles. The topological polar surface area (TPSA) is 53.9 Å². The van der Waals surface area contributed by atoms with Gasteiger partial charge >= 0.3 is 0 Å². The van der Waals surface area contributed by atoms with E-state index >= 15 is 0 Å². The van der Waals surface area contributed by atoms with E-state index in [1.54, 1.807) is 13.3 Å². The molecule has 178 valence electrons. The zero-order chi connectivity index (χ0) is 24.2. The van der Waals surface area contributed by atoms with Gasteiger partial charge in [-0.3, -0.25) is 4.79 Å². The molecule has 3 aromatic carbocycles. The van der Waals surface area contributed by atoms with Crippen LogP contribution < -0.4 is 15.1 Å². The molecule has 34 heavy (non-hydrogen) atoms. The molecular formula is C27H29Cl2N3O2. The summed E-state index contributed by atoms with van der Waals surface area (Å²) in [7, 11) is 1.64. The number of nitrogens with one attached hydrogen (secondary N) is 1. The highest BCUT2D eigenvalue weighted by atomic mass is 35.5. The van der Waals surface area contributed by atoms with Crippen LogP contribution >= 0.6 is 23.2 Å². The first-order valence-electron chi connectivity index (χ1n) is 11.1. The van der Waals surface area contributed by atoms with Crippen molar-refractivity contribution in [3.8, 4) is 5.75 Å². The fourth-order valence-corrected chi connectivity index (χ4v) is 4.05. The number of hydrogen-bond donors (Lipinski definition) is 1. The van der Waals surface area contributed by atoms with Gasteiger partial charge in [0.05, 0.1) is 19.2 Å². The van der Waals surface area contributed by atoms with Gasteiger partial charge in [-0.15, -0.1) is 23.2 Å². The van der Waals surface area contributed by atoms with Gasteiger partial charge in [-0.2, -0.15) is 5.10 Å². The van der Waals surface area contributed by atoms with Crippen LogP contribution in [0.1, 0.15) is 22.6 Å². The Morgan fingerprint density at radius 1 is 0.971 bits per heavy atom. The molecular weight excluding hydrogens is 469 g/mol. The summed E-state index contributed by atoms with van der Waals surface area (Å²) in [6, 6.07) is 25.4. The number of alkyl halides is 2. The molecule has 0 heterocycles. The van der Waals surface area contributed by atoms with Crippen LogP contribution in [0.3, 0.4) is 0 Å². The molecule has 1 atom stereocenters. The van der Waals surface area contributed by atoms with Gasteiger partial charge in [0.1, 0.15) is 5.75 Å². The number of amides is 1. The highest BCUT2D eigenvalue weighted by Crippen LogP contribution is 2.23. The zero-order valence-electron chi connectivity index (χ0n) is 19.2. The van der Waals surface area contributed by atoms with E-state index < -0.39 is 0 Å². The Hall–Kier alpha value is -3.02. The second kappa shape index (κ2) is 13.6. The van der Waals surface area contributed by atoms with E-state index in [1.165, 1.54) is 0 Å². The number of hydrogen-bond acceptors (Lipinski definition) is 4. The summed E-state index contributed by atoms with van der Waals surface area (Å²) in [5.74, 6) is 1.32. The van der Waals surface area contributed by atoms with Gasteiger partial charge in [0.25, 0.3) is 0 Å². The van der Waals surface area contributed by atoms with Crippen molar-refractivity contribution in [3.63, 3.8) is 0 Å². The lowest BCUT2D eigenvalue weighted by molar-refractivity contribution is -0.122. The maximum absolute atomic E-state index is 13.1. The summed E-state index contributed by atoms with van der Waals surface area (Å²) in [6.07, 6.45) is 2.20. The van der Waals surface area contributed by atoms with Crippen LogP contribution in [-0.4, -0.2) is 44.1 Å². The van der Waals surface area contributed by atoms with Crippen LogP contribution in [0, 0.1) is 0 Å². The number of anilines is 1. The van der Waals surface area contributed by atoms with Gasteiger partial charge in [-0.25, -0.2) is 5.43 Å². The normalized spacial score (nSPS) is 11.9. The molecule has 1 N–H and O–H groups in total. The Bertz CT molecular complexity index is 1040. The second-order valence-corrected chi connectivity index (χ2v) is 8.46. The lowest BCUT2D eigenvalue weighted by Crippen LogP contribution is -2.27. The third kappa shape index (κ3) is 7.51. The molecule has 0 aliphatic heterocycles. The standard InChI is InChI=1S/C27H29Cl2N3O2/c1-34-25-13-9-21(10-14-25)19-26(23-5-3-2-4-6-23)27(33)31-30-20-22-7-11-24(12-8-22)32(17-15-28)18-16-29/h2-14,20,26H,15-19H2,1H3,(H,31,33)/b30-20+/t26-/m1/s1. The Labute approximate surface area is 211 Å². The number of ether oxygens (including phenoxy) is 1. The van der Waals surface area contributed by atoms with E-state index in [-0.39, 0.29) is 11.8 Å². The van der Waals surface area contributed by atoms with E-state index in [0.717, 1.165) is 41.2 Å². The molecule has 0 bridgehead atoms. The van der Waals surface area contributed by atoms with Gasteiger partial charge in [0, 0.05) is 30.5 Å². The minimum Gasteiger partial charge on any atom is -0.497 e. The Kier molecular flexibility index (Phi) is 10.3. The molecule has 0 saturated heterocycles. The predicted molar refractivity (Wildman–Crippen MR) is 142 cm³/mol. The van der Waals surface area contributed by atoms with Crippen LogP contribution in [-0.2, 0) is 11.2 Å². The molecule has 0 unspecified atom stereocenters. The summed E-state index contributed by atoms with van der Waals surface area (Å²) >= 11 is 11.8. The number of carbonyl (C=O) groups excluding carboxylic acids is 1. The fourth-order valence-electron chi connectivity index (χ4n) is 3.64. The molecule has 0 aliphatic carbocycles. The van der Waals surface area contributed by atoms with Crippen molar-refractivity contribution in [2.24, 2.45) is 5.10 Å². The SMILES string of the molecule is COc1ccc(C[C@@H](C(=O)N/N=C/c2ccc(N(CCCl)CCCl)cc2)c2ccccc2)cc1. The zero-order valence-corrected chi connectivity index (χ0v) is 20.7. The molecule has 3 aromatic rings. The van der Waals surface area contributed by atoms with Gasteiger partial charge in [0.15, 0.2) is 0 Å². The first kappa shape index (κ1) is 25.6. The summed E-state index contributed by atoms with van der Waals surface area (Å²) in [5.41, 5.74) is 6.62. The Balaban J connectivity index is 1.67. The molecule has 0 aliphatic rings. The van der Waals surface area contributed by atoms with E-state index in [1.807, 2.05) is 78.9 Å². The summed E-state index contributed by atoms with van der Waals surface area (Å²) in [6.45, 7) is 1.46. The molecule has 0 spiro atoms. The summed E-state index contributed by atoms with van der Waals surface area (Å²) in [5, 5.41) is 4.20. The number of benzene rings is 3. The summed E-state index contributed by atoms with van der Waals surface area (Å²) in [4.78, 5) is 15.2.